The SMILES string of the molecule is N#CCC(=O)NCc1ccccc1NC(=O)CC12CC3CC(CC(C3)C1)C2. The van der Waals surface area contributed by atoms with Crippen molar-refractivity contribution in [1.29, 1.82) is 5.26 Å². The van der Waals surface area contributed by atoms with E-state index >= 15 is 0 Å². The number of nitriles is 1. The highest BCUT2D eigenvalue weighted by atomic mass is 16.2. The van der Waals surface area contributed by atoms with Gasteiger partial charge in [-0.3, -0.25) is 9.59 Å². The average molecular weight is 365 g/mol. The van der Waals surface area contributed by atoms with Crippen LogP contribution in [0.2, 0.25) is 0 Å². The van der Waals surface area contributed by atoms with Crippen LogP contribution in [0.5, 0.6) is 0 Å². The smallest absolute Gasteiger partial charge is 0.234 e. The summed E-state index contributed by atoms with van der Waals surface area (Å²) in [5.74, 6) is 2.31. The summed E-state index contributed by atoms with van der Waals surface area (Å²) in [6.07, 6.45) is 8.27. The molecule has 2 amide bonds. The van der Waals surface area contributed by atoms with E-state index < -0.39 is 0 Å². The van der Waals surface area contributed by atoms with Crippen LogP contribution in [0.1, 0.15) is 56.9 Å². The second kappa shape index (κ2) is 7.34. The summed E-state index contributed by atoms with van der Waals surface area (Å²) in [5.41, 5.74) is 1.83. The topological polar surface area (TPSA) is 82.0 Å². The van der Waals surface area contributed by atoms with Gasteiger partial charge in [-0.15, -0.1) is 0 Å². The Morgan fingerprint density at radius 1 is 1.04 bits per heavy atom. The Hall–Kier alpha value is -2.35. The zero-order chi connectivity index (χ0) is 18.9. The van der Waals surface area contributed by atoms with E-state index in [0.29, 0.717) is 13.0 Å². The number of amides is 2. The van der Waals surface area contributed by atoms with Crippen molar-refractivity contribution in [3.8, 4) is 6.07 Å². The van der Waals surface area contributed by atoms with Crippen LogP contribution in [0, 0.1) is 34.5 Å². The Balaban J connectivity index is 1.39. The molecule has 4 aliphatic rings. The maximum absolute atomic E-state index is 12.8. The van der Waals surface area contributed by atoms with Crippen molar-refractivity contribution in [3.05, 3.63) is 29.8 Å². The third-order valence-electron chi connectivity index (χ3n) is 6.71. The van der Waals surface area contributed by atoms with E-state index in [2.05, 4.69) is 10.6 Å². The van der Waals surface area contributed by atoms with Gasteiger partial charge < -0.3 is 10.6 Å². The second-order valence-electron chi connectivity index (χ2n) is 8.91. The number of rotatable bonds is 6. The number of hydrogen-bond donors (Lipinski definition) is 2. The number of carbonyl (C=O) groups excluding carboxylic acids is 2. The lowest BCUT2D eigenvalue weighted by Gasteiger charge is -2.56. The van der Waals surface area contributed by atoms with Crippen LogP contribution >= 0.6 is 0 Å². The Labute approximate surface area is 160 Å². The predicted molar refractivity (Wildman–Crippen MR) is 102 cm³/mol. The molecule has 0 spiro atoms. The average Bonchev–Trinajstić information content (AvgIpc) is 2.59. The standard InChI is InChI=1S/C22H27N3O2/c23-6-5-20(26)24-14-18-3-1-2-4-19(18)25-21(27)13-22-10-15-7-16(11-22)9-17(8-15)12-22/h1-4,15-17H,5,7-14H2,(H,24,26)(H,25,27). The molecule has 1 aromatic carbocycles. The molecular weight excluding hydrogens is 338 g/mol. The highest BCUT2D eigenvalue weighted by Gasteiger charge is 2.51. The van der Waals surface area contributed by atoms with Crippen molar-refractivity contribution < 1.29 is 9.59 Å². The fourth-order valence-electron chi connectivity index (χ4n) is 6.17. The van der Waals surface area contributed by atoms with Crippen LogP contribution in [-0.4, -0.2) is 11.8 Å². The van der Waals surface area contributed by atoms with Crippen LogP contribution in [-0.2, 0) is 16.1 Å². The van der Waals surface area contributed by atoms with Crippen molar-refractivity contribution in [2.45, 2.75) is 57.9 Å². The van der Waals surface area contributed by atoms with Gasteiger partial charge in [0, 0.05) is 18.7 Å². The van der Waals surface area contributed by atoms with Crippen molar-refractivity contribution in [3.63, 3.8) is 0 Å². The fraction of sp³-hybridized carbons (Fsp3) is 0.591. The molecule has 5 heteroatoms. The lowest BCUT2D eigenvalue weighted by molar-refractivity contribution is -0.124. The lowest BCUT2D eigenvalue weighted by atomic mass is 9.49. The number of anilines is 1. The number of hydrogen-bond acceptors (Lipinski definition) is 3. The van der Waals surface area contributed by atoms with Crippen LogP contribution < -0.4 is 10.6 Å². The van der Waals surface area contributed by atoms with Gasteiger partial charge in [-0.25, -0.2) is 0 Å². The molecule has 4 bridgehead atoms. The van der Waals surface area contributed by atoms with E-state index in [4.69, 9.17) is 5.26 Å². The van der Waals surface area contributed by atoms with Gasteiger partial charge in [0.25, 0.3) is 0 Å². The van der Waals surface area contributed by atoms with Gasteiger partial charge in [0.05, 0.1) is 6.07 Å². The molecule has 4 fully saturated rings. The quantitative estimate of drug-likeness (QED) is 0.805. The van der Waals surface area contributed by atoms with E-state index in [0.717, 1.165) is 29.0 Å². The Bertz CT molecular complexity index is 745. The van der Waals surface area contributed by atoms with E-state index in [9.17, 15) is 9.59 Å². The molecule has 5 nitrogen and oxygen atoms in total. The van der Waals surface area contributed by atoms with Gasteiger partial charge in [-0.05, 0) is 73.3 Å². The summed E-state index contributed by atoms with van der Waals surface area (Å²) in [5, 5.41) is 14.4. The molecule has 0 radical (unpaired) electrons. The van der Waals surface area contributed by atoms with Crippen LogP contribution in [0.3, 0.4) is 0 Å². The molecule has 4 aliphatic carbocycles. The predicted octanol–water partition coefficient (Wildman–Crippen LogP) is 3.76. The first-order chi connectivity index (χ1) is 13.0. The zero-order valence-electron chi connectivity index (χ0n) is 15.7. The Kier molecular flexibility index (Phi) is 4.90. The molecule has 142 valence electrons. The Morgan fingerprint density at radius 3 is 2.30 bits per heavy atom. The molecule has 27 heavy (non-hydrogen) atoms. The summed E-state index contributed by atoms with van der Waals surface area (Å²) in [6, 6.07) is 9.39. The molecular formula is C22H27N3O2. The Morgan fingerprint density at radius 2 is 1.67 bits per heavy atom. The van der Waals surface area contributed by atoms with Gasteiger partial charge in [-0.1, -0.05) is 18.2 Å². The first kappa shape index (κ1) is 18.0. The molecule has 5 rings (SSSR count). The third-order valence-corrected chi connectivity index (χ3v) is 6.71. The maximum Gasteiger partial charge on any atom is 0.234 e. The van der Waals surface area contributed by atoms with Gasteiger partial charge in [0.15, 0.2) is 0 Å². The minimum Gasteiger partial charge on any atom is -0.351 e. The number of para-hydroxylation sites is 1. The van der Waals surface area contributed by atoms with Crippen LogP contribution in [0.15, 0.2) is 24.3 Å². The van der Waals surface area contributed by atoms with Gasteiger partial charge in [0.1, 0.15) is 6.42 Å². The van der Waals surface area contributed by atoms with E-state index in [-0.39, 0.29) is 23.7 Å². The first-order valence-corrected chi connectivity index (χ1v) is 10.1. The maximum atomic E-state index is 12.8. The molecule has 1 aromatic rings. The fourth-order valence-corrected chi connectivity index (χ4v) is 6.17. The van der Waals surface area contributed by atoms with E-state index in [1.807, 2.05) is 30.3 Å². The summed E-state index contributed by atoms with van der Waals surface area (Å²) >= 11 is 0. The number of nitrogens with zero attached hydrogens (tertiary/aromatic N) is 1. The van der Waals surface area contributed by atoms with Crippen LogP contribution in [0.4, 0.5) is 5.69 Å². The van der Waals surface area contributed by atoms with Crippen molar-refractivity contribution >= 4 is 17.5 Å². The minimum absolute atomic E-state index is 0.0905. The zero-order valence-corrected chi connectivity index (χ0v) is 15.7. The molecule has 2 N–H and O–H groups in total. The highest BCUT2D eigenvalue weighted by Crippen LogP contribution is 2.61. The molecule has 0 heterocycles. The van der Waals surface area contributed by atoms with Crippen molar-refractivity contribution in [1.82, 2.24) is 5.32 Å². The lowest BCUT2D eigenvalue weighted by Crippen LogP contribution is -2.47. The van der Waals surface area contributed by atoms with Crippen molar-refractivity contribution in [2.75, 3.05) is 5.32 Å². The van der Waals surface area contributed by atoms with E-state index in [1.54, 1.807) is 0 Å². The number of carbonyl (C=O) groups is 2. The second-order valence-corrected chi connectivity index (χ2v) is 8.91. The minimum atomic E-state index is -0.299. The van der Waals surface area contributed by atoms with Crippen LogP contribution in [0.25, 0.3) is 0 Å². The molecule has 4 saturated carbocycles. The first-order valence-electron chi connectivity index (χ1n) is 10.1. The molecule has 0 saturated heterocycles. The molecule has 0 aliphatic heterocycles. The summed E-state index contributed by atoms with van der Waals surface area (Å²) in [7, 11) is 0. The van der Waals surface area contributed by atoms with Gasteiger partial charge in [0.2, 0.25) is 11.8 Å². The molecule has 0 unspecified atom stereocenters. The van der Waals surface area contributed by atoms with Gasteiger partial charge in [-0.2, -0.15) is 5.26 Å². The molecule has 0 aromatic heterocycles. The summed E-state index contributed by atoms with van der Waals surface area (Å²) in [4.78, 5) is 24.4. The summed E-state index contributed by atoms with van der Waals surface area (Å²) < 4.78 is 0. The number of nitrogens with one attached hydrogen (secondary N) is 2. The van der Waals surface area contributed by atoms with Gasteiger partial charge >= 0.3 is 0 Å². The summed E-state index contributed by atoms with van der Waals surface area (Å²) in [6.45, 7) is 0.314. The van der Waals surface area contributed by atoms with Crippen molar-refractivity contribution in [2.24, 2.45) is 23.2 Å². The molecule has 0 atom stereocenters. The van der Waals surface area contributed by atoms with E-state index in [1.165, 1.54) is 38.5 Å². The normalized spacial score (nSPS) is 30.6. The third kappa shape index (κ3) is 4.00. The largest absolute Gasteiger partial charge is 0.351 e. The number of benzene rings is 1. The monoisotopic (exact) mass is 365 g/mol. The highest BCUT2D eigenvalue weighted by molar-refractivity contribution is 5.92.